The highest BCUT2D eigenvalue weighted by Gasteiger charge is 2.22. The fraction of sp³-hybridized carbons (Fsp3) is 0.893. The second kappa shape index (κ2) is 26.4. The van der Waals surface area contributed by atoms with Gasteiger partial charge in [0.25, 0.3) is 0 Å². The molecule has 1 unspecified atom stereocenters. The van der Waals surface area contributed by atoms with Gasteiger partial charge in [0.2, 0.25) is 5.91 Å². The summed E-state index contributed by atoms with van der Waals surface area (Å²) < 4.78 is 4.79. The first-order valence-electron chi connectivity index (χ1n) is 13.9. The molecule has 5 N–H and O–H groups in total. The number of rotatable bonds is 19. The summed E-state index contributed by atoms with van der Waals surface area (Å²) in [6.07, 6.45) is 18.8. The highest BCUT2D eigenvalue weighted by Crippen LogP contribution is 2.12. The van der Waals surface area contributed by atoms with Crippen LogP contribution in [0.1, 0.15) is 131 Å². The normalized spacial score (nSPS) is 11.6. The number of carboxylic acid groups (broad SMARTS) is 1. The standard InChI is InChI=1S/C16H33NO.C7H15NO2.C5H11NO2/c1-2-3-4-5-6-7-8-9-10-11-12-13-14-15-16(17)18;1-4-5-10-6(9)7(2,3)8;1-4(5(7)8)6(2)3/h2-15H2,1H3,(H2,17,18);4-5,8H2,1-3H3;4H,1-3H3,(H,7,8). The van der Waals surface area contributed by atoms with Gasteiger partial charge in [0, 0.05) is 6.42 Å². The van der Waals surface area contributed by atoms with Crippen LogP contribution in [0.3, 0.4) is 0 Å². The molecular weight excluding hydrogens is 458 g/mol. The molecular formula is C28H59N3O5. The van der Waals surface area contributed by atoms with E-state index in [1.54, 1.807) is 39.8 Å². The SMILES string of the molecule is CC(C(=O)O)N(C)C.CCCCCCCCCCCCCCCC(N)=O.CCCOC(=O)C(C)(C)N. The van der Waals surface area contributed by atoms with Crippen molar-refractivity contribution in [2.24, 2.45) is 11.5 Å². The van der Waals surface area contributed by atoms with Crippen molar-refractivity contribution >= 4 is 17.8 Å². The largest absolute Gasteiger partial charge is 0.480 e. The monoisotopic (exact) mass is 517 g/mol. The number of hydrogen-bond donors (Lipinski definition) is 3. The van der Waals surface area contributed by atoms with Crippen molar-refractivity contribution in [1.29, 1.82) is 0 Å². The molecule has 0 aliphatic heterocycles. The summed E-state index contributed by atoms with van der Waals surface area (Å²) in [5.74, 6) is -1.28. The Morgan fingerprint density at radius 2 is 1.19 bits per heavy atom. The van der Waals surface area contributed by atoms with Gasteiger partial charge in [-0.25, -0.2) is 0 Å². The predicted octanol–water partition coefficient (Wildman–Crippen LogP) is 5.65. The second-order valence-corrected chi connectivity index (χ2v) is 10.3. The van der Waals surface area contributed by atoms with E-state index in [2.05, 4.69) is 6.92 Å². The van der Waals surface area contributed by atoms with Gasteiger partial charge in [-0.2, -0.15) is 0 Å². The van der Waals surface area contributed by atoms with Crippen LogP contribution in [0.5, 0.6) is 0 Å². The van der Waals surface area contributed by atoms with Gasteiger partial charge in [-0.15, -0.1) is 0 Å². The maximum atomic E-state index is 10.9. The van der Waals surface area contributed by atoms with Gasteiger partial charge in [-0.3, -0.25) is 19.3 Å². The molecule has 0 saturated carbocycles. The van der Waals surface area contributed by atoms with Crippen LogP contribution in [0.25, 0.3) is 0 Å². The average Bonchev–Trinajstić information content (AvgIpc) is 2.79. The molecule has 0 aromatic rings. The molecule has 0 heterocycles. The number of carbonyl (C=O) groups is 3. The molecule has 0 aromatic heterocycles. The van der Waals surface area contributed by atoms with Gasteiger partial charge in [-0.05, 0) is 47.7 Å². The Kier molecular flexibility index (Phi) is 28.5. The van der Waals surface area contributed by atoms with E-state index in [4.69, 9.17) is 21.3 Å². The van der Waals surface area contributed by atoms with Gasteiger partial charge < -0.3 is 21.3 Å². The highest BCUT2D eigenvalue weighted by molar-refractivity contribution is 5.79. The lowest BCUT2D eigenvalue weighted by atomic mass is 10.0. The highest BCUT2D eigenvalue weighted by atomic mass is 16.5. The predicted molar refractivity (Wildman–Crippen MR) is 150 cm³/mol. The van der Waals surface area contributed by atoms with Gasteiger partial charge in [0.05, 0.1) is 6.61 Å². The fourth-order valence-electron chi connectivity index (χ4n) is 2.92. The maximum Gasteiger partial charge on any atom is 0.325 e. The number of carbonyl (C=O) groups excluding carboxylic acids is 2. The molecule has 0 radical (unpaired) electrons. The Hall–Kier alpha value is -1.67. The van der Waals surface area contributed by atoms with E-state index in [1.165, 1.54) is 77.0 Å². The lowest BCUT2D eigenvalue weighted by Crippen LogP contribution is -2.42. The molecule has 0 aliphatic carbocycles. The van der Waals surface area contributed by atoms with Crippen molar-refractivity contribution < 1.29 is 24.2 Å². The van der Waals surface area contributed by atoms with Crippen molar-refractivity contribution in [1.82, 2.24) is 4.90 Å². The van der Waals surface area contributed by atoms with Gasteiger partial charge in [0.1, 0.15) is 11.6 Å². The molecule has 8 nitrogen and oxygen atoms in total. The second-order valence-electron chi connectivity index (χ2n) is 10.3. The number of nitrogens with zero attached hydrogens (tertiary/aromatic N) is 1. The number of primary amides is 1. The third kappa shape index (κ3) is 32.3. The molecule has 0 fully saturated rings. The number of aliphatic carboxylic acids is 1. The molecule has 8 heteroatoms. The molecule has 1 amide bonds. The maximum absolute atomic E-state index is 10.9. The number of likely N-dealkylation sites (N-methyl/N-ethyl adjacent to an activating group) is 1. The van der Waals surface area contributed by atoms with Crippen molar-refractivity contribution in [3.63, 3.8) is 0 Å². The Morgan fingerprint density at radius 1 is 0.806 bits per heavy atom. The number of hydrogen-bond acceptors (Lipinski definition) is 6. The minimum absolute atomic E-state index is 0.155. The van der Waals surface area contributed by atoms with Crippen LogP contribution in [-0.2, 0) is 19.1 Å². The Bertz CT molecular complexity index is 534. The third-order valence-electron chi connectivity index (χ3n) is 5.62. The van der Waals surface area contributed by atoms with Crippen LogP contribution in [0, 0.1) is 0 Å². The number of carboxylic acids is 1. The van der Waals surface area contributed by atoms with E-state index in [0.717, 1.165) is 12.8 Å². The van der Waals surface area contributed by atoms with E-state index < -0.39 is 11.5 Å². The van der Waals surface area contributed by atoms with Gasteiger partial charge >= 0.3 is 11.9 Å². The van der Waals surface area contributed by atoms with E-state index >= 15 is 0 Å². The average molecular weight is 518 g/mol. The van der Waals surface area contributed by atoms with E-state index in [0.29, 0.717) is 13.0 Å². The van der Waals surface area contributed by atoms with Crippen LogP contribution in [0.2, 0.25) is 0 Å². The van der Waals surface area contributed by atoms with Gasteiger partial charge in [-0.1, -0.05) is 90.9 Å². The third-order valence-corrected chi connectivity index (χ3v) is 5.62. The van der Waals surface area contributed by atoms with Crippen molar-refractivity contribution in [2.45, 2.75) is 143 Å². The van der Waals surface area contributed by atoms with Gasteiger partial charge in [0.15, 0.2) is 0 Å². The zero-order valence-corrected chi connectivity index (χ0v) is 24.6. The lowest BCUT2D eigenvalue weighted by molar-refractivity contribution is -0.148. The van der Waals surface area contributed by atoms with E-state index in [1.807, 2.05) is 6.92 Å². The van der Waals surface area contributed by atoms with Crippen molar-refractivity contribution in [3.8, 4) is 0 Å². The summed E-state index contributed by atoms with van der Waals surface area (Å²) in [6, 6.07) is -0.380. The number of nitrogens with two attached hydrogens (primary N) is 2. The molecule has 0 rings (SSSR count). The Labute approximate surface area is 221 Å². The van der Waals surface area contributed by atoms with Crippen LogP contribution in [-0.4, -0.2) is 60.1 Å². The van der Waals surface area contributed by atoms with Crippen LogP contribution in [0.15, 0.2) is 0 Å². The summed E-state index contributed by atoms with van der Waals surface area (Å²) in [6.45, 7) is 9.57. The topological polar surface area (TPSA) is 136 Å². The Balaban J connectivity index is -0.000000508. The number of unbranched alkanes of at least 4 members (excludes halogenated alkanes) is 12. The molecule has 36 heavy (non-hydrogen) atoms. The van der Waals surface area contributed by atoms with Crippen LogP contribution < -0.4 is 11.5 Å². The van der Waals surface area contributed by atoms with Crippen molar-refractivity contribution in [3.05, 3.63) is 0 Å². The summed E-state index contributed by atoms with van der Waals surface area (Å²) >= 11 is 0. The zero-order chi connectivity index (χ0) is 28.4. The number of amides is 1. The molecule has 0 aromatic carbocycles. The first kappa shape index (κ1) is 38.9. The summed E-state index contributed by atoms with van der Waals surface area (Å²) in [5, 5.41) is 8.31. The number of esters is 1. The van der Waals surface area contributed by atoms with E-state index in [9.17, 15) is 14.4 Å². The lowest BCUT2D eigenvalue weighted by Gasteiger charge is -2.15. The smallest absolute Gasteiger partial charge is 0.325 e. The van der Waals surface area contributed by atoms with Crippen LogP contribution in [0.4, 0.5) is 0 Å². The molecule has 1 atom stereocenters. The first-order valence-corrected chi connectivity index (χ1v) is 13.9. The molecule has 0 aliphatic rings. The summed E-state index contributed by atoms with van der Waals surface area (Å²) in [7, 11) is 3.47. The summed E-state index contributed by atoms with van der Waals surface area (Å²) in [5.41, 5.74) is 9.69. The quantitative estimate of drug-likeness (QED) is 0.149. The van der Waals surface area contributed by atoms with E-state index in [-0.39, 0.29) is 17.9 Å². The Morgan fingerprint density at radius 3 is 1.44 bits per heavy atom. The molecule has 0 bridgehead atoms. The molecule has 0 saturated heterocycles. The van der Waals surface area contributed by atoms with Crippen LogP contribution >= 0.6 is 0 Å². The minimum Gasteiger partial charge on any atom is -0.480 e. The zero-order valence-electron chi connectivity index (χ0n) is 24.6. The summed E-state index contributed by atoms with van der Waals surface area (Å²) in [4.78, 5) is 33.1. The molecule has 0 spiro atoms. The number of ether oxygens (including phenoxy) is 1. The fourth-order valence-corrected chi connectivity index (χ4v) is 2.92. The minimum atomic E-state index is -0.852. The molecule has 216 valence electrons. The first-order chi connectivity index (χ1) is 16.8. The van der Waals surface area contributed by atoms with Crippen molar-refractivity contribution in [2.75, 3.05) is 20.7 Å².